The van der Waals surface area contributed by atoms with E-state index in [2.05, 4.69) is 46.4 Å². The van der Waals surface area contributed by atoms with Gasteiger partial charge in [-0.05, 0) is 78.1 Å². The monoisotopic (exact) mass is 792 g/mol. The van der Waals surface area contributed by atoms with E-state index in [1.807, 2.05) is 50.3 Å². The molecule has 0 aliphatic heterocycles. The second-order valence-electron chi connectivity index (χ2n) is 12.3. The van der Waals surface area contributed by atoms with Crippen molar-refractivity contribution in [3.8, 4) is 5.75 Å². The Hall–Kier alpha value is -3.64. The molecular formula is C37H46ClIN2O7. The fraction of sp³-hybridized carbons (Fsp3) is 0.405. The minimum absolute atomic E-state index is 0.0237. The third-order valence-electron chi connectivity index (χ3n) is 7.25. The lowest BCUT2D eigenvalue weighted by Crippen LogP contribution is -2.51. The van der Waals surface area contributed by atoms with E-state index >= 15 is 0 Å². The van der Waals surface area contributed by atoms with Crippen LogP contribution in [-0.4, -0.2) is 55.7 Å². The molecule has 9 nitrogen and oxygen atoms in total. The second-order valence-corrected chi connectivity index (χ2v) is 13.9. The van der Waals surface area contributed by atoms with Crippen molar-refractivity contribution in [1.82, 2.24) is 10.6 Å². The van der Waals surface area contributed by atoms with Crippen molar-refractivity contribution in [2.45, 2.75) is 71.6 Å². The van der Waals surface area contributed by atoms with Gasteiger partial charge in [-0.15, -0.1) is 6.58 Å². The molecular weight excluding hydrogens is 747 g/mol. The molecule has 0 saturated carbocycles. The number of methoxy groups -OCH3 is 1. The van der Waals surface area contributed by atoms with Gasteiger partial charge >= 0.3 is 11.9 Å². The highest BCUT2D eigenvalue weighted by Crippen LogP contribution is 2.27. The van der Waals surface area contributed by atoms with E-state index in [0.29, 0.717) is 29.2 Å². The lowest BCUT2D eigenvalue weighted by atomic mass is 9.93. The van der Waals surface area contributed by atoms with E-state index in [1.54, 1.807) is 38.1 Å². The number of rotatable bonds is 19. The highest BCUT2D eigenvalue weighted by atomic mass is 127. The molecule has 0 unspecified atom stereocenters. The van der Waals surface area contributed by atoms with Gasteiger partial charge in [-0.3, -0.25) is 14.4 Å². The van der Waals surface area contributed by atoms with Crippen molar-refractivity contribution < 1.29 is 33.4 Å². The summed E-state index contributed by atoms with van der Waals surface area (Å²) in [6.07, 6.45) is 4.37. The lowest BCUT2D eigenvalue weighted by Gasteiger charge is -2.28. The number of hydrogen-bond donors (Lipinski definition) is 2. The van der Waals surface area contributed by atoms with Gasteiger partial charge < -0.3 is 24.8 Å². The Morgan fingerprint density at radius 1 is 1.02 bits per heavy atom. The van der Waals surface area contributed by atoms with E-state index in [4.69, 9.17) is 25.8 Å². The molecule has 0 aromatic heterocycles. The zero-order chi connectivity index (χ0) is 35.9. The Morgan fingerprint density at radius 2 is 1.71 bits per heavy atom. The summed E-state index contributed by atoms with van der Waals surface area (Å²) in [5.74, 6) is -1.89. The molecule has 2 rings (SSSR count). The number of hydrogen-bond acceptors (Lipinski definition) is 7. The number of benzene rings is 2. The SMILES string of the molecule is C=CC[C@H](C/C=C(\I)c1ccccc1)OC(=O)[C@H](CC(C)C)OC(=O)C(C)(C)CNC(=O)[C@@H](Cc1ccc(OC)c(Cl)c1)NC(=O)C=C. The molecule has 260 valence electrons. The zero-order valence-electron chi connectivity index (χ0n) is 28.2. The molecule has 0 bridgehead atoms. The van der Waals surface area contributed by atoms with Crippen LogP contribution >= 0.6 is 34.2 Å². The van der Waals surface area contributed by atoms with Gasteiger partial charge in [0.05, 0.1) is 17.5 Å². The molecule has 2 aromatic carbocycles. The molecule has 2 aromatic rings. The van der Waals surface area contributed by atoms with Gasteiger partial charge in [0.2, 0.25) is 11.8 Å². The molecule has 2 amide bonds. The molecule has 0 spiro atoms. The van der Waals surface area contributed by atoms with Gasteiger partial charge in [-0.25, -0.2) is 4.79 Å². The fourth-order valence-corrected chi connectivity index (χ4v) is 5.39. The number of esters is 2. The normalized spacial score (nSPS) is 13.5. The maximum atomic E-state index is 13.4. The number of ether oxygens (including phenoxy) is 3. The Bertz CT molecular complexity index is 1460. The van der Waals surface area contributed by atoms with Crippen LogP contribution in [0.3, 0.4) is 0 Å². The number of nitrogens with one attached hydrogen (secondary N) is 2. The minimum atomic E-state index is -1.23. The average Bonchev–Trinajstić information content (AvgIpc) is 3.05. The topological polar surface area (TPSA) is 120 Å². The van der Waals surface area contributed by atoms with Gasteiger partial charge in [-0.1, -0.05) is 80.6 Å². The Morgan fingerprint density at radius 3 is 2.29 bits per heavy atom. The summed E-state index contributed by atoms with van der Waals surface area (Å²) in [4.78, 5) is 52.2. The molecule has 0 radical (unpaired) electrons. The van der Waals surface area contributed by atoms with Crippen LogP contribution in [0.5, 0.6) is 5.75 Å². The van der Waals surface area contributed by atoms with Crippen LogP contribution in [0.1, 0.15) is 58.1 Å². The molecule has 3 atom stereocenters. The van der Waals surface area contributed by atoms with Gasteiger partial charge in [0.1, 0.15) is 17.9 Å². The summed E-state index contributed by atoms with van der Waals surface area (Å²) in [6, 6.07) is 13.9. The van der Waals surface area contributed by atoms with Crippen molar-refractivity contribution in [3.05, 3.63) is 96.1 Å². The highest BCUT2D eigenvalue weighted by molar-refractivity contribution is 14.1. The van der Waals surface area contributed by atoms with Crippen LogP contribution in [0, 0.1) is 11.3 Å². The molecule has 2 N–H and O–H groups in total. The van der Waals surface area contributed by atoms with E-state index in [1.165, 1.54) is 7.11 Å². The minimum Gasteiger partial charge on any atom is -0.495 e. The van der Waals surface area contributed by atoms with Crippen LogP contribution < -0.4 is 15.4 Å². The summed E-state index contributed by atoms with van der Waals surface area (Å²) in [6.45, 7) is 14.2. The third kappa shape index (κ3) is 13.5. The molecule has 0 saturated heterocycles. The number of amides is 2. The number of carbonyl (C=O) groups is 4. The number of carbonyl (C=O) groups excluding carboxylic acids is 4. The van der Waals surface area contributed by atoms with E-state index in [9.17, 15) is 19.2 Å². The van der Waals surface area contributed by atoms with Crippen molar-refractivity contribution in [2.24, 2.45) is 11.3 Å². The molecule has 0 aliphatic carbocycles. The van der Waals surface area contributed by atoms with Crippen molar-refractivity contribution in [1.29, 1.82) is 0 Å². The zero-order valence-corrected chi connectivity index (χ0v) is 31.1. The summed E-state index contributed by atoms with van der Waals surface area (Å²) in [5, 5.41) is 5.72. The predicted octanol–water partition coefficient (Wildman–Crippen LogP) is 7.02. The molecule has 0 aliphatic rings. The van der Waals surface area contributed by atoms with Crippen LogP contribution in [0.25, 0.3) is 3.58 Å². The maximum Gasteiger partial charge on any atom is 0.347 e. The lowest BCUT2D eigenvalue weighted by molar-refractivity contribution is -0.177. The summed E-state index contributed by atoms with van der Waals surface area (Å²) >= 11 is 8.50. The first kappa shape index (κ1) is 40.5. The van der Waals surface area contributed by atoms with E-state index in [0.717, 1.165) is 15.2 Å². The van der Waals surface area contributed by atoms with E-state index < -0.39 is 47.4 Å². The first-order chi connectivity index (χ1) is 22.7. The molecule has 11 heteroatoms. The highest BCUT2D eigenvalue weighted by Gasteiger charge is 2.36. The molecule has 0 fully saturated rings. The van der Waals surface area contributed by atoms with Crippen LogP contribution in [0.4, 0.5) is 0 Å². The first-order valence-electron chi connectivity index (χ1n) is 15.7. The van der Waals surface area contributed by atoms with Crippen LogP contribution in [-0.2, 0) is 35.1 Å². The Labute approximate surface area is 302 Å². The van der Waals surface area contributed by atoms with Crippen LogP contribution in [0.15, 0.2) is 79.9 Å². The van der Waals surface area contributed by atoms with Crippen LogP contribution in [0.2, 0.25) is 5.02 Å². The molecule has 0 heterocycles. The fourth-order valence-electron chi connectivity index (χ4n) is 4.49. The van der Waals surface area contributed by atoms with Crippen molar-refractivity contribution in [2.75, 3.05) is 13.7 Å². The summed E-state index contributed by atoms with van der Waals surface area (Å²) < 4.78 is 17.8. The summed E-state index contributed by atoms with van der Waals surface area (Å²) in [5.41, 5.74) is 0.512. The third-order valence-corrected chi connectivity index (χ3v) is 8.61. The Kier molecular flexibility index (Phi) is 16.9. The number of halogens is 2. The standard InChI is InChI=1S/C37H46ClIN2O7/c1-8-13-27(17-18-29(39)26-14-11-10-12-15-26)47-35(44)32(20-24(3)4)48-36(45)37(5,6)23-40-34(43)30(41-33(42)9-2)22-25-16-19-31(46-7)28(38)21-25/h8-12,14-16,18-19,21,24,27,30,32H,1-2,13,17,20,22-23H2,3-7H3,(H,40,43)(H,41,42)/b29-18-/t27-,30-,32+/m1/s1. The first-order valence-corrected chi connectivity index (χ1v) is 17.1. The van der Waals surface area contributed by atoms with E-state index in [-0.39, 0.29) is 25.3 Å². The van der Waals surface area contributed by atoms with Gasteiger partial charge in [-0.2, -0.15) is 0 Å². The quantitative estimate of drug-likeness (QED) is 0.0680. The van der Waals surface area contributed by atoms with Crippen molar-refractivity contribution in [3.63, 3.8) is 0 Å². The average molecular weight is 793 g/mol. The smallest absolute Gasteiger partial charge is 0.347 e. The summed E-state index contributed by atoms with van der Waals surface area (Å²) in [7, 11) is 1.49. The van der Waals surface area contributed by atoms with Gasteiger partial charge in [0, 0.05) is 29.4 Å². The second kappa shape index (κ2) is 20.0. The molecule has 48 heavy (non-hydrogen) atoms. The predicted molar refractivity (Wildman–Crippen MR) is 198 cm³/mol. The Balaban J connectivity index is 2.11. The largest absolute Gasteiger partial charge is 0.495 e. The van der Waals surface area contributed by atoms with Gasteiger partial charge in [0.15, 0.2) is 6.10 Å². The van der Waals surface area contributed by atoms with Gasteiger partial charge in [0.25, 0.3) is 0 Å². The maximum absolute atomic E-state index is 13.4. The van der Waals surface area contributed by atoms with Crippen molar-refractivity contribution >= 4 is 61.5 Å².